The zero-order valence-electron chi connectivity index (χ0n) is 21.3. The fourth-order valence-electron chi connectivity index (χ4n) is 3.31. The van der Waals surface area contributed by atoms with E-state index in [1.807, 2.05) is 6.92 Å². The molecule has 0 amide bonds. The van der Waals surface area contributed by atoms with E-state index in [0.29, 0.717) is 29.2 Å². The smallest absolute Gasteiger partial charge is 0.342 e. The highest BCUT2D eigenvalue weighted by atomic mass is 31.2. The number of hydrogen-bond acceptors (Lipinski definition) is 10. The molecule has 1 aromatic carbocycles. The molecule has 0 saturated heterocycles. The van der Waals surface area contributed by atoms with Crippen LogP contribution < -0.4 is 20.1 Å². The number of esters is 1. The summed E-state index contributed by atoms with van der Waals surface area (Å²) in [5.74, 6) is 0.659. The van der Waals surface area contributed by atoms with Gasteiger partial charge < -0.3 is 29.0 Å². The molecule has 0 radical (unpaired) electrons. The molecule has 3 N–H and O–H groups in total. The van der Waals surface area contributed by atoms with E-state index in [-0.39, 0.29) is 18.3 Å². The molecule has 0 saturated carbocycles. The third-order valence-electron chi connectivity index (χ3n) is 5.03. The van der Waals surface area contributed by atoms with Crippen LogP contribution in [-0.4, -0.2) is 56.7 Å². The summed E-state index contributed by atoms with van der Waals surface area (Å²) in [5.41, 5.74) is 5.60. The lowest BCUT2D eigenvalue weighted by atomic mass is 10.1. The quantitative estimate of drug-likeness (QED) is 0.267. The van der Waals surface area contributed by atoms with Crippen molar-refractivity contribution in [1.29, 1.82) is 0 Å². The molecule has 12 nitrogen and oxygen atoms in total. The normalized spacial score (nSPS) is 14.4. The molecule has 0 bridgehead atoms. The van der Waals surface area contributed by atoms with E-state index in [1.165, 1.54) is 6.33 Å². The molecule has 0 spiro atoms. The van der Waals surface area contributed by atoms with Crippen molar-refractivity contribution < 1.29 is 28.1 Å². The van der Waals surface area contributed by atoms with Gasteiger partial charge in [-0.1, -0.05) is 0 Å². The van der Waals surface area contributed by atoms with E-state index in [4.69, 9.17) is 24.5 Å². The van der Waals surface area contributed by atoms with Crippen LogP contribution in [0.3, 0.4) is 0 Å². The van der Waals surface area contributed by atoms with Gasteiger partial charge in [-0.3, -0.25) is 9.36 Å². The number of nitrogens with zero attached hydrogens (tertiary/aromatic N) is 4. The van der Waals surface area contributed by atoms with Crippen LogP contribution in [0.2, 0.25) is 0 Å². The maximum Gasteiger partial charge on any atom is 0.342 e. The summed E-state index contributed by atoms with van der Waals surface area (Å²) in [7, 11) is -2.22. The first-order valence-corrected chi connectivity index (χ1v) is 13.2. The number of ether oxygens (including phenoxy) is 3. The van der Waals surface area contributed by atoms with Gasteiger partial charge in [0.05, 0.1) is 32.2 Å². The first-order chi connectivity index (χ1) is 16.9. The minimum absolute atomic E-state index is 0.282. The highest BCUT2D eigenvalue weighted by Crippen LogP contribution is 2.46. The van der Waals surface area contributed by atoms with Crippen LogP contribution in [0, 0.1) is 0 Å². The summed E-state index contributed by atoms with van der Waals surface area (Å²) in [6.07, 6.45) is 1.88. The van der Waals surface area contributed by atoms with Gasteiger partial charge in [-0.25, -0.2) is 20.0 Å². The van der Waals surface area contributed by atoms with Gasteiger partial charge in [-0.15, -0.1) is 0 Å². The molecule has 2 atom stereocenters. The minimum Gasteiger partial charge on any atom is -0.497 e. The number of hydrogen-bond donors (Lipinski definition) is 2. The summed E-state index contributed by atoms with van der Waals surface area (Å²) >= 11 is 0. The average Bonchev–Trinajstić information content (AvgIpc) is 3.21. The second kappa shape index (κ2) is 11.2. The first kappa shape index (κ1) is 27.4. The number of imidazole rings is 1. The number of carbonyl (C=O) groups is 1. The summed E-state index contributed by atoms with van der Waals surface area (Å²) < 4.78 is 38.0. The molecule has 0 fully saturated rings. The van der Waals surface area contributed by atoms with Crippen molar-refractivity contribution in [3.8, 4) is 11.5 Å². The van der Waals surface area contributed by atoms with E-state index in [9.17, 15) is 9.36 Å². The van der Waals surface area contributed by atoms with Crippen LogP contribution in [-0.2, 0) is 25.4 Å². The Morgan fingerprint density at radius 3 is 2.44 bits per heavy atom. The number of aromatic nitrogens is 4. The fraction of sp³-hybridized carbons (Fsp3) is 0.478. The Morgan fingerprint density at radius 1 is 1.14 bits per heavy atom. The van der Waals surface area contributed by atoms with Gasteiger partial charge in [-0.2, -0.15) is 0 Å². The van der Waals surface area contributed by atoms with Crippen LogP contribution in [0.25, 0.3) is 11.2 Å². The van der Waals surface area contributed by atoms with E-state index >= 15 is 0 Å². The molecule has 2 heterocycles. The van der Waals surface area contributed by atoms with Crippen LogP contribution in [0.1, 0.15) is 34.6 Å². The minimum atomic E-state index is -3.77. The van der Waals surface area contributed by atoms with E-state index in [2.05, 4.69) is 20.0 Å². The Hall–Kier alpha value is -3.21. The topological polar surface area (TPSA) is 153 Å². The zero-order valence-corrected chi connectivity index (χ0v) is 22.2. The van der Waals surface area contributed by atoms with Crippen molar-refractivity contribution in [3.63, 3.8) is 0 Å². The van der Waals surface area contributed by atoms with Crippen LogP contribution >= 0.6 is 7.52 Å². The molecular formula is C23H33N6O6P. The van der Waals surface area contributed by atoms with E-state index in [0.717, 1.165) is 0 Å². The zero-order chi connectivity index (χ0) is 26.5. The lowest BCUT2D eigenvalue weighted by Gasteiger charge is -2.31. The largest absolute Gasteiger partial charge is 0.497 e. The number of anilines is 1. The Bertz CT molecular complexity index is 1230. The van der Waals surface area contributed by atoms with Gasteiger partial charge in [0.2, 0.25) is 0 Å². The number of nitrogens with two attached hydrogens (primary N) is 1. The van der Waals surface area contributed by atoms with Crippen LogP contribution in [0.4, 0.5) is 5.82 Å². The molecule has 3 aromatic rings. The van der Waals surface area contributed by atoms with Crippen LogP contribution in [0.5, 0.6) is 11.5 Å². The average molecular weight is 521 g/mol. The molecule has 36 heavy (non-hydrogen) atoms. The molecular weight excluding hydrogens is 487 g/mol. The Balaban J connectivity index is 1.76. The number of benzene rings is 1. The van der Waals surface area contributed by atoms with Crippen LogP contribution in [0.15, 0.2) is 36.9 Å². The molecule has 2 aromatic heterocycles. The second-order valence-electron chi connectivity index (χ2n) is 9.07. The van der Waals surface area contributed by atoms with Crippen molar-refractivity contribution >= 4 is 30.5 Å². The predicted octanol–water partition coefficient (Wildman–Crippen LogP) is 3.37. The molecule has 13 heteroatoms. The standard InChI is InChI=1S/C23H33N6O6P/c1-15(2)34-22(30)23(4,5)28-36(31,35-18-9-7-17(32-6)8-10-18)14-33-16(3)11-29-13-27-19-20(24)25-12-26-21(19)29/h7-10,12-13,15-16H,11,14H2,1-6H3,(H,28,31)(H2,24,25,26)/t16-,36?/m1/s1. The maximum atomic E-state index is 14.0. The molecule has 0 aliphatic rings. The number of fused-ring (bicyclic) bond motifs is 1. The summed E-state index contributed by atoms with van der Waals surface area (Å²) in [5, 5.41) is 2.85. The highest BCUT2D eigenvalue weighted by Gasteiger charge is 2.40. The van der Waals surface area contributed by atoms with Crippen molar-refractivity contribution in [2.75, 3.05) is 19.2 Å². The van der Waals surface area contributed by atoms with Gasteiger partial charge in [0.15, 0.2) is 11.5 Å². The van der Waals surface area contributed by atoms with E-state index in [1.54, 1.807) is 70.0 Å². The SMILES string of the molecule is COc1ccc(OP(=O)(CO[C@H](C)Cn2cnc3c(N)ncnc32)NC(C)(C)C(=O)OC(C)C)cc1. The Labute approximate surface area is 210 Å². The third kappa shape index (κ3) is 6.93. The lowest BCUT2D eigenvalue weighted by molar-refractivity contribution is -0.153. The van der Waals surface area contributed by atoms with Gasteiger partial charge in [0.25, 0.3) is 0 Å². The van der Waals surface area contributed by atoms with Gasteiger partial charge in [-0.05, 0) is 58.9 Å². The number of rotatable bonds is 12. The van der Waals surface area contributed by atoms with Crippen molar-refractivity contribution in [2.24, 2.45) is 0 Å². The van der Waals surface area contributed by atoms with Crippen molar-refractivity contribution in [2.45, 2.75) is 58.9 Å². The molecule has 1 unspecified atom stereocenters. The van der Waals surface area contributed by atoms with E-state index < -0.39 is 25.1 Å². The van der Waals surface area contributed by atoms with Crippen molar-refractivity contribution in [1.82, 2.24) is 24.6 Å². The predicted molar refractivity (Wildman–Crippen MR) is 135 cm³/mol. The molecule has 3 rings (SSSR count). The first-order valence-electron chi connectivity index (χ1n) is 11.4. The number of carbonyl (C=O) groups excluding carboxylic acids is 1. The van der Waals surface area contributed by atoms with Crippen molar-refractivity contribution in [3.05, 3.63) is 36.9 Å². The maximum absolute atomic E-state index is 14.0. The Kier molecular flexibility index (Phi) is 8.55. The van der Waals surface area contributed by atoms with Gasteiger partial charge in [0, 0.05) is 0 Å². The fourth-order valence-corrected chi connectivity index (χ4v) is 5.33. The third-order valence-corrected chi connectivity index (χ3v) is 6.92. The number of nitrogen functional groups attached to an aromatic ring is 1. The molecule has 0 aliphatic carbocycles. The summed E-state index contributed by atoms with van der Waals surface area (Å²) in [4.78, 5) is 25.0. The van der Waals surface area contributed by atoms with Gasteiger partial charge >= 0.3 is 13.5 Å². The number of methoxy groups -OCH3 is 1. The Morgan fingerprint density at radius 2 is 1.81 bits per heavy atom. The highest BCUT2D eigenvalue weighted by molar-refractivity contribution is 7.57. The van der Waals surface area contributed by atoms with Gasteiger partial charge in [0.1, 0.15) is 35.2 Å². The summed E-state index contributed by atoms with van der Waals surface area (Å²) in [6.45, 7) is 8.80. The number of nitrogens with one attached hydrogen (secondary N) is 1. The summed E-state index contributed by atoms with van der Waals surface area (Å²) in [6, 6.07) is 6.60. The lowest BCUT2D eigenvalue weighted by Crippen LogP contribution is -2.48. The monoisotopic (exact) mass is 520 g/mol. The second-order valence-corrected chi connectivity index (χ2v) is 11.1. The molecule has 196 valence electrons. The molecule has 0 aliphatic heterocycles.